The number of hydrogen-bond donors (Lipinski definition) is 3. The molecule has 0 saturated heterocycles. The van der Waals surface area contributed by atoms with Gasteiger partial charge in [-0.2, -0.15) is 0 Å². The second-order valence-corrected chi connectivity index (χ2v) is 6.08. The van der Waals surface area contributed by atoms with E-state index in [0.29, 0.717) is 6.42 Å². The minimum atomic E-state index is -0.722. The van der Waals surface area contributed by atoms with Gasteiger partial charge < -0.3 is 15.7 Å². The standard InChI is InChI=1S/C13H24N2O3/c1-13(2,3)15-11(16)8-14-10-6-4-5-9(7-10)12(17)18/h9-10,14H,4-8H2,1-3H3,(H,15,16)(H,17,18). The fourth-order valence-electron chi connectivity index (χ4n) is 2.30. The van der Waals surface area contributed by atoms with Gasteiger partial charge in [0.15, 0.2) is 0 Å². The summed E-state index contributed by atoms with van der Waals surface area (Å²) in [6.07, 6.45) is 3.24. The summed E-state index contributed by atoms with van der Waals surface area (Å²) in [5, 5.41) is 15.0. The molecule has 1 fully saturated rings. The number of carbonyl (C=O) groups excluding carboxylic acids is 1. The first-order valence-corrected chi connectivity index (χ1v) is 6.55. The molecular formula is C13H24N2O3. The van der Waals surface area contributed by atoms with Gasteiger partial charge in [0.05, 0.1) is 12.5 Å². The highest BCUT2D eigenvalue weighted by Crippen LogP contribution is 2.24. The number of carboxylic acids is 1. The second-order valence-electron chi connectivity index (χ2n) is 6.08. The molecule has 0 spiro atoms. The highest BCUT2D eigenvalue weighted by molar-refractivity contribution is 5.78. The molecule has 0 aromatic rings. The average Bonchev–Trinajstić information content (AvgIpc) is 2.24. The highest BCUT2D eigenvalue weighted by Gasteiger charge is 2.27. The largest absolute Gasteiger partial charge is 0.481 e. The molecule has 2 atom stereocenters. The van der Waals surface area contributed by atoms with Crippen LogP contribution in [0.3, 0.4) is 0 Å². The van der Waals surface area contributed by atoms with Gasteiger partial charge in [-0.25, -0.2) is 0 Å². The Hall–Kier alpha value is -1.10. The number of rotatable bonds is 4. The number of carbonyl (C=O) groups is 2. The van der Waals surface area contributed by atoms with E-state index in [1.165, 1.54) is 0 Å². The number of carboxylic acid groups (broad SMARTS) is 1. The molecule has 1 saturated carbocycles. The second kappa shape index (κ2) is 6.18. The maximum absolute atomic E-state index is 11.6. The maximum atomic E-state index is 11.6. The van der Waals surface area contributed by atoms with E-state index < -0.39 is 5.97 Å². The molecule has 0 bridgehead atoms. The Labute approximate surface area is 108 Å². The molecule has 0 heterocycles. The van der Waals surface area contributed by atoms with E-state index >= 15 is 0 Å². The van der Waals surface area contributed by atoms with Crippen LogP contribution < -0.4 is 10.6 Å². The number of amides is 1. The van der Waals surface area contributed by atoms with Crippen molar-refractivity contribution < 1.29 is 14.7 Å². The molecule has 1 amide bonds. The van der Waals surface area contributed by atoms with Crippen LogP contribution in [0.5, 0.6) is 0 Å². The van der Waals surface area contributed by atoms with Crippen LogP contribution in [0.2, 0.25) is 0 Å². The van der Waals surface area contributed by atoms with Crippen molar-refractivity contribution in [1.29, 1.82) is 0 Å². The van der Waals surface area contributed by atoms with Crippen LogP contribution in [0, 0.1) is 5.92 Å². The van der Waals surface area contributed by atoms with Crippen LogP contribution in [0.1, 0.15) is 46.5 Å². The summed E-state index contributed by atoms with van der Waals surface area (Å²) < 4.78 is 0. The quantitative estimate of drug-likeness (QED) is 0.704. The molecule has 0 aliphatic heterocycles. The summed E-state index contributed by atoms with van der Waals surface area (Å²) >= 11 is 0. The molecule has 0 aromatic carbocycles. The Balaban J connectivity index is 2.31. The van der Waals surface area contributed by atoms with Gasteiger partial charge in [-0.05, 0) is 40.0 Å². The van der Waals surface area contributed by atoms with E-state index in [1.54, 1.807) is 0 Å². The van der Waals surface area contributed by atoms with Gasteiger partial charge in [-0.1, -0.05) is 6.42 Å². The zero-order valence-corrected chi connectivity index (χ0v) is 11.5. The van der Waals surface area contributed by atoms with Crippen molar-refractivity contribution in [2.24, 2.45) is 5.92 Å². The molecular weight excluding hydrogens is 232 g/mol. The monoisotopic (exact) mass is 256 g/mol. The van der Waals surface area contributed by atoms with Gasteiger partial charge >= 0.3 is 5.97 Å². The van der Waals surface area contributed by atoms with Crippen LogP contribution in [0.4, 0.5) is 0 Å². The lowest BCUT2D eigenvalue weighted by molar-refractivity contribution is -0.143. The van der Waals surface area contributed by atoms with Gasteiger partial charge in [0, 0.05) is 11.6 Å². The molecule has 1 aliphatic carbocycles. The van der Waals surface area contributed by atoms with Crippen LogP contribution in [-0.2, 0) is 9.59 Å². The van der Waals surface area contributed by atoms with E-state index in [0.717, 1.165) is 19.3 Å². The Bertz CT molecular complexity index is 310. The van der Waals surface area contributed by atoms with Gasteiger partial charge in [0.25, 0.3) is 0 Å². The lowest BCUT2D eigenvalue weighted by atomic mass is 9.86. The van der Waals surface area contributed by atoms with Crippen molar-refractivity contribution in [2.45, 2.75) is 58.0 Å². The molecule has 0 radical (unpaired) electrons. The Morgan fingerprint density at radius 1 is 1.28 bits per heavy atom. The number of hydrogen-bond acceptors (Lipinski definition) is 3. The first-order valence-electron chi connectivity index (χ1n) is 6.55. The van der Waals surface area contributed by atoms with Crippen molar-refractivity contribution >= 4 is 11.9 Å². The fraction of sp³-hybridized carbons (Fsp3) is 0.846. The normalized spacial score (nSPS) is 24.6. The van der Waals surface area contributed by atoms with Gasteiger partial charge in [0.2, 0.25) is 5.91 Å². The molecule has 1 rings (SSSR count). The SMILES string of the molecule is CC(C)(C)NC(=O)CNC1CCCC(C(=O)O)C1. The molecule has 104 valence electrons. The molecule has 18 heavy (non-hydrogen) atoms. The van der Waals surface area contributed by atoms with Crippen molar-refractivity contribution in [3.05, 3.63) is 0 Å². The van der Waals surface area contributed by atoms with Crippen molar-refractivity contribution in [3.63, 3.8) is 0 Å². The van der Waals surface area contributed by atoms with Crippen LogP contribution >= 0.6 is 0 Å². The smallest absolute Gasteiger partial charge is 0.306 e. The Morgan fingerprint density at radius 2 is 1.94 bits per heavy atom. The predicted molar refractivity (Wildman–Crippen MR) is 69.3 cm³/mol. The first kappa shape index (κ1) is 15.0. The van der Waals surface area contributed by atoms with Crippen molar-refractivity contribution in [3.8, 4) is 0 Å². The Morgan fingerprint density at radius 3 is 2.50 bits per heavy atom. The van der Waals surface area contributed by atoms with E-state index in [2.05, 4.69) is 10.6 Å². The van der Waals surface area contributed by atoms with Gasteiger partial charge in [-0.3, -0.25) is 9.59 Å². The topological polar surface area (TPSA) is 78.4 Å². The van der Waals surface area contributed by atoms with Crippen LogP contribution in [-0.4, -0.2) is 35.1 Å². The van der Waals surface area contributed by atoms with Gasteiger partial charge in [-0.15, -0.1) is 0 Å². The van der Waals surface area contributed by atoms with E-state index in [-0.39, 0.29) is 30.0 Å². The summed E-state index contributed by atoms with van der Waals surface area (Å²) in [5.41, 5.74) is -0.227. The third-order valence-corrected chi connectivity index (χ3v) is 3.09. The average molecular weight is 256 g/mol. The molecule has 5 nitrogen and oxygen atoms in total. The summed E-state index contributed by atoms with van der Waals surface area (Å²) in [7, 11) is 0. The number of aliphatic carboxylic acids is 1. The first-order chi connectivity index (χ1) is 8.28. The molecule has 5 heteroatoms. The van der Waals surface area contributed by atoms with E-state index in [1.807, 2.05) is 20.8 Å². The number of nitrogens with one attached hydrogen (secondary N) is 2. The zero-order valence-electron chi connectivity index (χ0n) is 11.5. The third kappa shape index (κ3) is 5.49. The van der Waals surface area contributed by atoms with E-state index in [9.17, 15) is 9.59 Å². The predicted octanol–water partition coefficient (Wildman–Crippen LogP) is 1.13. The summed E-state index contributed by atoms with van der Waals surface area (Å²) in [6.45, 7) is 6.07. The summed E-state index contributed by atoms with van der Waals surface area (Å²) in [5.74, 6) is -1.03. The molecule has 0 aromatic heterocycles. The fourth-order valence-corrected chi connectivity index (χ4v) is 2.30. The summed E-state index contributed by atoms with van der Waals surface area (Å²) in [6, 6.07) is 0.144. The molecule has 1 aliphatic rings. The third-order valence-electron chi connectivity index (χ3n) is 3.09. The highest BCUT2D eigenvalue weighted by atomic mass is 16.4. The lowest BCUT2D eigenvalue weighted by Gasteiger charge is -2.28. The van der Waals surface area contributed by atoms with Crippen LogP contribution in [0.25, 0.3) is 0 Å². The van der Waals surface area contributed by atoms with Gasteiger partial charge in [0.1, 0.15) is 0 Å². The van der Waals surface area contributed by atoms with Crippen LogP contribution in [0.15, 0.2) is 0 Å². The maximum Gasteiger partial charge on any atom is 0.306 e. The summed E-state index contributed by atoms with van der Waals surface area (Å²) in [4.78, 5) is 22.5. The lowest BCUT2D eigenvalue weighted by Crippen LogP contribution is -2.47. The molecule has 3 N–H and O–H groups in total. The zero-order chi connectivity index (χ0) is 13.8. The minimum absolute atomic E-state index is 0.0417. The van der Waals surface area contributed by atoms with E-state index in [4.69, 9.17) is 5.11 Å². The molecule has 2 unspecified atom stereocenters. The van der Waals surface area contributed by atoms with Crippen molar-refractivity contribution in [1.82, 2.24) is 10.6 Å². The van der Waals surface area contributed by atoms with Crippen molar-refractivity contribution in [2.75, 3.05) is 6.54 Å². The minimum Gasteiger partial charge on any atom is -0.481 e. The Kier molecular flexibility index (Phi) is 5.14.